The number of alkyl halides is 2. The van der Waals surface area contributed by atoms with Gasteiger partial charge < -0.3 is 10.1 Å². The number of aromatic nitrogens is 1. The van der Waals surface area contributed by atoms with Crippen LogP contribution in [-0.2, 0) is 0 Å². The van der Waals surface area contributed by atoms with Crippen molar-refractivity contribution < 1.29 is 22.7 Å². The van der Waals surface area contributed by atoms with E-state index in [1.807, 2.05) is 0 Å². The van der Waals surface area contributed by atoms with Gasteiger partial charge in [0.15, 0.2) is 11.6 Å². The summed E-state index contributed by atoms with van der Waals surface area (Å²) in [5, 5.41) is 2.72. The fourth-order valence-electron chi connectivity index (χ4n) is 1.58. The number of halogens is 3. The molecule has 1 aromatic heterocycles. The van der Waals surface area contributed by atoms with Gasteiger partial charge in [-0.2, -0.15) is 8.78 Å². The monoisotopic (exact) mass is 270 g/mol. The highest BCUT2D eigenvalue weighted by Gasteiger charge is 2.13. The number of benzene rings is 1. The third-order valence-electron chi connectivity index (χ3n) is 2.44. The number of carbonyl (C=O) groups excluding carboxylic acids is 1. The van der Waals surface area contributed by atoms with Crippen molar-refractivity contribution in [2.24, 2.45) is 0 Å². The first kappa shape index (κ1) is 13.1. The van der Waals surface area contributed by atoms with E-state index in [0.29, 0.717) is 5.39 Å². The second-order valence-corrected chi connectivity index (χ2v) is 3.66. The summed E-state index contributed by atoms with van der Waals surface area (Å²) in [7, 11) is 1.45. The lowest BCUT2D eigenvalue weighted by atomic mass is 10.1. The fraction of sp³-hybridized carbons (Fsp3) is 0.167. The Labute approximate surface area is 106 Å². The maximum atomic E-state index is 13.5. The van der Waals surface area contributed by atoms with Gasteiger partial charge in [0.05, 0.1) is 11.1 Å². The number of amides is 1. The van der Waals surface area contributed by atoms with Crippen molar-refractivity contribution in [1.82, 2.24) is 10.3 Å². The zero-order valence-electron chi connectivity index (χ0n) is 9.78. The predicted octanol–water partition coefficient (Wildman–Crippen LogP) is 2.33. The molecule has 0 radical (unpaired) electrons. The van der Waals surface area contributed by atoms with Gasteiger partial charge in [-0.1, -0.05) is 0 Å². The van der Waals surface area contributed by atoms with E-state index in [1.165, 1.54) is 19.3 Å². The van der Waals surface area contributed by atoms with E-state index in [1.54, 1.807) is 0 Å². The van der Waals surface area contributed by atoms with Crippen LogP contribution in [-0.4, -0.2) is 24.6 Å². The molecule has 0 spiro atoms. The van der Waals surface area contributed by atoms with Gasteiger partial charge in [-0.3, -0.25) is 9.78 Å². The average Bonchev–Trinajstić information content (AvgIpc) is 2.37. The zero-order valence-corrected chi connectivity index (χ0v) is 9.78. The first-order valence-electron chi connectivity index (χ1n) is 5.27. The molecular formula is C12H9F3N2O2. The molecule has 0 bridgehead atoms. The van der Waals surface area contributed by atoms with Crippen LogP contribution in [0.15, 0.2) is 24.4 Å². The van der Waals surface area contributed by atoms with Crippen LogP contribution in [0, 0.1) is 5.82 Å². The third-order valence-corrected chi connectivity index (χ3v) is 2.44. The van der Waals surface area contributed by atoms with E-state index in [4.69, 9.17) is 0 Å². The molecule has 0 fully saturated rings. The number of pyridine rings is 1. The summed E-state index contributed by atoms with van der Waals surface area (Å²) >= 11 is 0. The molecule has 1 amide bonds. The molecule has 1 N–H and O–H groups in total. The molecule has 4 nitrogen and oxygen atoms in total. The maximum absolute atomic E-state index is 13.5. The van der Waals surface area contributed by atoms with E-state index >= 15 is 0 Å². The smallest absolute Gasteiger partial charge is 0.387 e. The highest BCUT2D eigenvalue weighted by atomic mass is 19.3. The van der Waals surface area contributed by atoms with Crippen molar-refractivity contribution >= 4 is 16.8 Å². The third kappa shape index (κ3) is 2.75. The van der Waals surface area contributed by atoms with Crippen molar-refractivity contribution in [3.05, 3.63) is 35.8 Å². The standard InChI is InChI=1S/C12H9F3N2O2/c1-16-11(18)7-2-6-3-8(13)10(19-12(14)15)4-9(6)17-5-7/h2-5,12H,1H3,(H,16,18). The van der Waals surface area contributed by atoms with E-state index in [9.17, 15) is 18.0 Å². The van der Waals surface area contributed by atoms with Crippen molar-refractivity contribution in [2.45, 2.75) is 6.61 Å². The lowest BCUT2D eigenvalue weighted by Crippen LogP contribution is -2.17. The summed E-state index contributed by atoms with van der Waals surface area (Å²) in [5.41, 5.74) is 0.502. The minimum absolute atomic E-state index is 0.247. The molecule has 0 saturated heterocycles. The molecule has 2 aromatic rings. The summed E-state index contributed by atoms with van der Waals surface area (Å²) < 4.78 is 41.6. The van der Waals surface area contributed by atoms with Crippen molar-refractivity contribution in [2.75, 3.05) is 7.05 Å². The lowest BCUT2D eigenvalue weighted by Gasteiger charge is -2.07. The molecule has 0 aliphatic heterocycles. The fourth-order valence-corrected chi connectivity index (χ4v) is 1.58. The number of rotatable bonds is 3. The average molecular weight is 270 g/mol. The summed E-state index contributed by atoms with van der Waals surface area (Å²) in [6.45, 7) is -3.11. The molecule has 1 aromatic carbocycles. The summed E-state index contributed by atoms with van der Waals surface area (Å²) in [5.74, 6) is -1.89. The van der Waals surface area contributed by atoms with Gasteiger partial charge >= 0.3 is 6.61 Å². The van der Waals surface area contributed by atoms with Crippen LogP contribution in [0.1, 0.15) is 10.4 Å². The summed E-state index contributed by atoms with van der Waals surface area (Å²) in [6.07, 6.45) is 1.27. The molecule has 1 heterocycles. The quantitative estimate of drug-likeness (QED) is 0.931. The molecule has 0 atom stereocenters. The van der Waals surface area contributed by atoms with Crippen LogP contribution >= 0.6 is 0 Å². The van der Waals surface area contributed by atoms with Gasteiger partial charge in [0.1, 0.15) is 0 Å². The van der Waals surface area contributed by atoms with Gasteiger partial charge in [0, 0.05) is 24.7 Å². The van der Waals surface area contributed by atoms with Crippen LogP contribution in [0.2, 0.25) is 0 Å². The van der Waals surface area contributed by atoms with Crippen molar-refractivity contribution in [3.8, 4) is 5.75 Å². The number of carbonyl (C=O) groups is 1. The Balaban J connectivity index is 2.49. The minimum atomic E-state index is -3.11. The second-order valence-electron chi connectivity index (χ2n) is 3.66. The normalized spacial score (nSPS) is 10.8. The molecule has 2 rings (SSSR count). The first-order valence-corrected chi connectivity index (χ1v) is 5.27. The second kappa shape index (κ2) is 5.13. The van der Waals surface area contributed by atoms with Gasteiger partial charge in [-0.15, -0.1) is 0 Å². The number of ether oxygens (including phenoxy) is 1. The van der Waals surface area contributed by atoms with Crippen molar-refractivity contribution in [3.63, 3.8) is 0 Å². The van der Waals surface area contributed by atoms with E-state index in [2.05, 4.69) is 15.0 Å². The Morgan fingerprint density at radius 2 is 2.11 bits per heavy atom. The topological polar surface area (TPSA) is 51.2 Å². The zero-order chi connectivity index (χ0) is 14.0. The van der Waals surface area contributed by atoms with E-state index < -0.39 is 18.2 Å². The molecule has 0 aliphatic rings. The van der Waals surface area contributed by atoms with Gasteiger partial charge in [0.2, 0.25) is 0 Å². The maximum Gasteiger partial charge on any atom is 0.387 e. The van der Waals surface area contributed by atoms with Crippen LogP contribution in [0.3, 0.4) is 0 Å². The Hall–Kier alpha value is -2.31. The van der Waals surface area contributed by atoms with Gasteiger partial charge in [0.25, 0.3) is 5.91 Å². The van der Waals surface area contributed by atoms with Gasteiger partial charge in [-0.25, -0.2) is 4.39 Å². The first-order chi connectivity index (χ1) is 9.01. The van der Waals surface area contributed by atoms with E-state index in [-0.39, 0.29) is 17.0 Å². The Morgan fingerprint density at radius 3 is 2.74 bits per heavy atom. The van der Waals surface area contributed by atoms with E-state index in [0.717, 1.165) is 12.1 Å². The number of hydrogen-bond donors (Lipinski definition) is 1. The van der Waals surface area contributed by atoms with Gasteiger partial charge in [-0.05, 0) is 12.1 Å². The molecule has 100 valence electrons. The molecular weight excluding hydrogens is 261 g/mol. The predicted molar refractivity (Wildman–Crippen MR) is 61.7 cm³/mol. The van der Waals surface area contributed by atoms with Crippen molar-refractivity contribution in [1.29, 1.82) is 0 Å². The van der Waals surface area contributed by atoms with Crippen LogP contribution in [0.25, 0.3) is 10.9 Å². The van der Waals surface area contributed by atoms with Crippen LogP contribution in [0.4, 0.5) is 13.2 Å². The summed E-state index contributed by atoms with van der Waals surface area (Å²) in [6, 6.07) is 3.47. The largest absolute Gasteiger partial charge is 0.432 e. The highest BCUT2D eigenvalue weighted by molar-refractivity contribution is 5.97. The van der Waals surface area contributed by atoms with Crippen LogP contribution < -0.4 is 10.1 Å². The molecule has 0 saturated carbocycles. The lowest BCUT2D eigenvalue weighted by molar-refractivity contribution is -0.0520. The highest BCUT2D eigenvalue weighted by Crippen LogP contribution is 2.25. The number of nitrogens with zero attached hydrogens (tertiary/aromatic N) is 1. The number of nitrogens with one attached hydrogen (secondary N) is 1. The molecule has 7 heteroatoms. The van der Waals surface area contributed by atoms with Crippen LogP contribution in [0.5, 0.6) is 5.75 Å². The Bertz CT molecular complexity index is 632. The summed E-state index contributed by atoms with van der Waals surface area (Å²) in [4.78, 5) is 15.3. The number of hydrogen-bond acceptors (Lipinski definition) is 3. The molecule has 0 aliphatic carbocycles. The molecule has 19 heavy (non-hydrogen) atoms. The minimum Gasteiger partial charge on any atom is -0.432 e. The number of fused-ring (bicyclic) bond motifs is 1. The molecule has 0 unspecified atom stereocenters. The Morgan fingerprint density at radius 1 is 1.37 bits per heavy atom. The SMILES string of the molecule is CNC(=O)c1cnc2cc(OC(F)F)c(F)cc2c1. The Kier molecular flexibility index (Phi) is 3.55.